The predicted octanol–water partition coefficient (Wildman–Crippen LogP) is 4.35. The number of rotatable bonds is 4. The summed E-state index contributed by atoms with van der Waals surface area (Å²) in [5, 5.41) is 10.7. The zero-order valence-corrected chi connectivity index (χ0v) is 16.4. The quantitative estimate of drug-likeness (QED) is 0.627. The summed E-state index contributed by atoms with van der Waals surface area (Å²) in [6.07, 6.45) is -4.63. The molecule has 6 nitrogen and oxygen atoms in total. The molecule has 0 spiro atoms. The highest BCUT2D eigenvalue weighted by Crippen LogP contribution is 2.30. The molecule has 0 saturated carbocycles. The summed E-state index contributed by atoms with van der Waals surface area (Å²) in [4.78, 5) is 12.4. The number of nitrogens with one attached hydrogen (secondary N) is 1. The molecule has 0 bridgehead atoms. The predicted molar refractivity (Wildman–Crippen MR) is 98.4 cm³/mol. The van der Waals surface area contributed by atoms with Gasteiger partial charge in [0.15, 0.2) is 5.69 Å². The third-order valence-corrected chi connectivity index (χ3v) is 4.75. The van der Waals surface area contributed by atoms with Crippen molar-refractivity contribution in [2.75, 3.05) is 5.32 Å². The minimum absolute atomic E-state index is 0.0237. The number of nitrogens with zero attached hydrogens (tertiary/aromatic N) is 4. The highest BCUT2D eigenvalue weighted by molar-refractivity contribution is 6.31. The first-order valence-electron chi connectivity index (χ1n) is 8.38. The molecule has 154 valence electrons. The molecule has 0 atom stereocenters. The third-order valence-electron chi connectivity index (χ3n) is 4.39. The number of benzene rings is 1. The van der Waals surface area contributed by atoms with Gasteiger partial charge in [-0.25, -0.2) is 4.39 Å². The molecule has 2 aromatic heterocycles. The van der Waals surface area contributed by atoms with E-state index in [-0.39, 0.29) is 22.8 Å². The molecule has 0 aliphatic heterocycles. The third kappa shape index (κ3) is 4.12. The van der Waals surface area contributed by atoms with Crippen LogP contribution < -0.4 is 5.32 Å². The van der Waals surface area contributed by atoms with E-state index in [0.29, 0.717) is 27.8 Å². The minimum Gasteiger partial charge on any atom is -0.317 e. The van der Waals surface area contributed by atoms with E-state index < -0.39 is 23.6 Å². The molecule has 0 saturated heterocycles. The fraction of sp³-hybridized carbons (Fsp3) is 0.278. The molecule has 0 aliphatic rings. The van der Waals surface area contributed by atoms with Gasteiger partial charge in [-0.3, -0.25) is 14.2 Å². The summed E-state index contributed by atoms with van der Waals surface area (Å²) in [6.45, 7) is 3.28. The largest absolute Gasteiger partial charge is 0.433 e. The van der Waals surface area contributed by atoms with E-state index in [1.54, 1.807) is 19.9 Å². The van der Waals surface area contributed by atoms with Crippen molar-refractivity contribution in [1.82, 2.24) is 19.6 Å². The lowest BCUT2D eigenvalue weighted by Gasteiger charge is -2.09. The summed E-state index contributed by atoms with van der Waals surface area (Å²) in [7, 11) is 1.10. The maximum atomic E-state index is 14.0. The van der Waals surface area contributed by atoms with Crippen molar-refractivity contribution < 1.29 is 22.4 Å². The van der Waals surface area contributed by atoms with Crippen LogP contribution in [-0.4, -0.2) is 25.5 Å². The number of alkyl halides is 3. The lowest BCUT2D eigenvalue weighted by molar-refractivity contribution is -0.143. The van der Waals surface area contributed by atoms with Crippen LogP contribution >= 0.6 is 11.6 Å². The van der Waals surface area contributed by atoms with Crippen molar-refractivity contribution >= 4 is 23.2 Å². The van der Waals surface area contributed by atoms with Gasteiger partial charge in [0.25, 0.3) is 5.91 Å². The van der Waals surface area contributed by atoms with Gasteiger partial charge in [-0.15, -0.1) is 0 Å². The molecular formula is C18H16ClF4N5O. The van der Waals surface area contributed by atoms with Crippen LogP contribution in [0.15, 0.2) is 24.3 Å². The Labute approximate surface area is 168 Å². The molecule has 3 rings (SSSR count). The van der Waals surface area contributed by atoms with Gasteiger partial charge >= 0.3 is 6.18 Å². The van der Waals surface area contributed by atoms with E-state index in [1.807, 2.05) is 0 Å². The molecule has 0 unspecified atom stereocenters. The Bertz CT molecular complexity index is 1070. The maximum absolute atomic E-state index is 14.0. The van der Waals surface area contributed by atoms with Crippen LogP contribution in [0.3, 0.4) is 0 Å². The summed E-state index contributed by atoms with van der Waals surface area (Å²) >= 11 is 6.04. The second-order valence-electron chi connectivity index (χ2n) is 6.39. The average molecular weight is 430 g/mol. The Hall–Kier alpha value is -2.88. The number of carbonyl (C=O) groups excluding carboxylic acids is 1. The van der Waals surface area contributed by atoms with Crippen molar-refractivity contribution in [2.24, 2.45) is 7.05 Å². The van der Waals surface area contributed by atoms with Crippen LogP contribution in [0, 0.1) is 19.7 Å². The molecule has 0 aliphatic carbocycles. The number of carbonyl (C=O) groups is 1. The summed E-state index contributed by atoms with van der Waals surface area (Å²) in [5.74, 6) is -1.31. The molecule has 2 heterocycles. The lowest BCUT2D eigenvalue weighted by atomic mass is 10.2. The zero-order chi connectivity index (χ0) is 21.5. The van der Waals surface area contributed by atoms with Crippen LogP contribution in [0.2, 0.25) is 5.02 Å². The second kappa shape index (κ2) is 7.51. The molecule has 1 amide bonds. The Balaban J connectivity index is 1.87. The Kier molecular flexibility index (Phi) is 5.40. The first-order chi connectivity index (χ1) is 13.5. The number of aromatic nitrogens is 4. The fourth-order valence-electron chi connectivity index (χ4n) is 2.89. The highest BCUT2D eigenvalue weighted by atomic mass is 35.5. The monoisotopic (exact) mass is 429 g/mol. The van der Waals surface area contributed by atoms with Crippen LogP contribution in [0.25, 0.3) is 0 Å². The number of hydrogen-bond donors (Lipinski definition) is 1. The molecule has 1 N–H and O–H groups in total. The highest BCUT2D eigenvalue weighted by Gasteiger charge is 2.35. The molecule has 0 fully saturated rings. The van der Waals surface area contributed by atoms with E-state index in [1.165, 1.54) is 16.8 Å². The normalized spacial score (nSPS) is 11.7. The van der Waals surface area contributed by atoms with Gasteiger partial charge in [0.05, 0.1) is 23.6 Å². The topological polar surface area (TPSA) is 64.7 Å². The van der Waals surface area contributed by atoms with Gasteiger partial charge in [-0.05, 0) is 26.0 Å². The Morgan fingerprint density at radius 3 is 2.52 bits per heavy atom. The van der Waals surface area contributed by atoms with Crippen molar-refractivity contribution in [3.8, 4) is 0 Å². The van der Waals surface area contributed by atoms with Crippen molar-refractivity contribution in [3.63, 3.8) is 0 Å². The van der Waals surface area contributed by atoms with Crippen LogP contribution in [0.5, 0.6) is 0 Å². The summed E-state index contributed by atoms with van der Waals surface area (Å²) in [5.41, 5.74) is 0.0146. The van der Waals surface area contributed by atoms with Gasteiger partial charge in [0.1, 0.15) is 11.5 Å². The van der Waals surface area contributed by atoms with E-state index >= 15 is 0 Å². The second-order valence-corrected chi connectivity index (χ2v) is 6.80. The Morgan fingerprint density at radius 2 is 1.93 bits per heavy atom. The average Bonchev–Trinajstić information content (AvgIpc) is 3.13. The van der Waals surface area contributed by atoms with Crippen LogP contribution in [0.4, 0.5) is 23.2 Å². The first kappa shape index (κ1) is 20.8. The van der Waals surface area contributed by atoms with Crippen molar-refractivity contribution in [3.05, 3.63) is 63.4 Å². The van der Waals surface area contributed by atoms with Crippen molar-refractivity contribution in [2.45, 2.75) is 26.6 Å². The zero-order valence-electron chi connectivity index (χ0n) is 15.6. The number of aryl methyl sites for hydroxylation is 2. The summed E-state index contributed by atoms with van der Waals surface area (Å²) in [6, 6.07) is 4.97. The molecule has 11 heteroatoms. The van der Waals surface area contributed by atoms with E-state index in [9.17, 15) is 22.4 Å². The number of halogens is 5. The van der Waals surface area contributed by atoms with Gasteiger partial charge in [0.2, 0.25) is 0 Å². The fourth-order valence-corrected chi connectivity index (χ4v) is 3.11. The SMILES string of the molecule is Cc1nn(Cc2c(F)cccc2Cl)c(C)c1NC(=O)c1cc(C(F)(F)F)n(C)n1. The van der Waals surface area contributed by atoms with E-state index in [4.69, 9.17) is 11.6 Å². The molecule has 29 heavy (non-hydrogen) atoms. The maximum Gasteiger partial charge on any atom is 0.433 e. The van der Waals surface area contributed by atoms with Crippen LogP contribution in [0.1, 0.15) is 33.1 Å². The number of hydrogen-bond acceptors (Lipinski definition) is 3. The number of anilines is 1. The smallest absolute Gasteiger partial charge is 0.317 e. The summed E-state index contributed by atoms with van der Waals surface area (Å²) < 4.78 is 54.8. The standard InChI is InChI=1S/C18H16ClF4N5O/c1-9-16(24-17(29)14-7-15(18(21,22)23)27(3)26-14)10(2)28(25-9)8-11-12(19)5-4-6-13(11)20/h4-7H,8H2,1-3H3,(H,24,29). The lowest BCUT2D eigenvalue weighted by Crippen LogP contribution is -2.14. The van der Waals surface area contributed by atoms with Gasteiger partial charge in [-0.2, -0.15) is 23.4 Å². The molecule has 1 aromatic carbocycles. The molecule has 3 aromatic rings. The van der Waals surface area contributed by atoms with Gasteiger partial charge in [0, 0.05) is 23.7 Å². The van der Waals surface area contributed by atoms with Crippen molar-refractivity contribution in [1.29, 1.82) is 0 Å². The minimum atomic E-state index is -4.63. The van der Waals surface area contributed by atoms with E-state index in [0.717, 1.165) is 7.05 Å². The van der Waals surface area contributed by atoms with E-state index in [2.05, 4.69) is 15.5 Å². The first-order valence-corrected chi connectivity index (χ1v) is 8.76. The molecular weight excluding hydrogens is 414 g/mol. The van der Waals surface area contributed by atoms with Crippen LogP contribution in [-0.2, 0) is 19.8 Å². The molecule has 0 radical (unpaired) electrons. The Morgan fingerprint density at radius 1 is 1.24 bits per heavy atom. The van der Waals surface area contributed by atoms with Gasteiger partial charge < -0.3 is 5.32 Å². The van der Waals surface area contributed by atoms with Gasteiger partial charge in [-0.1, -0.05) is 17.7 Å². The number of amides is 1.